The van der Waals surface area contributed by atoms with Crippen LogP contribution >= 0.6 is 0 Å². The quantitative estimate of drug-likeness (QED) is 0.544. The van der Waals surface area contributed by atoms with Gasteiger partial charge in [-0.2, -0.15) is 10.4 Å². The van der Waals surface area contributed by atoms with E-state index in [1.54, 1.807) is 12.1 Å². The zero-order valence-corrected chi connectivity index (χ0v) is 11.1. The number of nitrogen functional groups attached to an aromatic ring is 1. The highest BCUT2D eigenvalue weighted by molar-refractivity contribution is 5.66. The van der Waals surface area contributed by atoms with Gasteiger partial charge in [-0.3, -0.25) is 0 Å². The van der Waals surface area contributed by atoms with Crippen molar-refractivity contribution in [1.82, 2.24) is 14.6 Å². The van der Waals surface area contributed by atoms with Gasteiger partial charge in [-0.15, -0.1) is 0 Å². The summed E-state index contributed by atoms with van der Waals surface area (Å²) in [7, 11) is 0. The van der Waals surface area contributed by atoms with Crippen LogP contribution in [-0.4, -0.2) is 48.7 Å². The lowest BCUT2D eigenvalue weighted by molar-refractivity contribution is -0.00609. The Morgan fingerprint density at radius 1 is 1.48 bits per heavy atom. The van der Waals surface area contributed by atoms with Gasteiger partial charge in [0, 0.05) is 12.5 Å². The van der Waals surface area contributed by atoms with Gasteiger partial charge in [0.2, 0.25) is 0 Å². The summed E-state index contributed by atoms with van der Waals surface area (Å²) in [6.45, 7) is -0.303. The molecule has 1 fully saturated rings. The van der Waals surface area contributed by atoms with E-state index in [9.17, 15) is 20.6 Å². The molecule has 1 aliphatic carbocycles. The Labute approximate surface area is 120 Å². The molecule has 2 aromatic rings. The number of aliphatic hydroxyl groups is 3. The van der Waals surface area contributed by atoms with Crippen molar-refractivity contribution in [2.24, 2.45) is 5.92 Å². The number of rotatable bonds is 2. The Morgan fingerprint density at radius 2 is 2.24 bits per heavy atom. The van der Waals surface area contributed by atoms with Crippen LogP contribution in [0.5, 0.6) is 0 Å². The lowest BCUT2D eigenvalue weighted by atomic mass is 9.81. The average molecular weight is 289 g/mol. The van der Waals surface area contributed by atoms with E-state index >= 15 is 0 Å². The first-order valence-electron chi connectivity index (χ1n) is 6.52. The van der Waals surface area contributed by atoms with Crippen molar-refractivity contribution in [3.63, 3.8) is 0 Å². The van der Waals surface area contributed by atoms with Gasteiger partial charge < -0.3 is 21.1 Å². The van der Waals surface area contributed by atoms with Crippen LogP contribution in [0.15, 0.2) is 18.5 Å². The number of hydrogen-bond donors (Lipinski definition) is 4. The highest BCUT2D eigenvalue weighted by Crippen LogP contribution is 2.44. The molecule has 2 aromatic heterocycles. The van der Waals surface area contributed by atoms with E-state index in [4.69, 9.17) is 5.73 Å². The Hall–Kier alpha value is -2.21. The van der Waals surface area contributed by atoms with Crippen LogP contribution in [0.4, 0.5) is 5.82 Å². The van der Waals surface area contributed by atoms with Crippen molar-refractivity contribution < 1.29 is 15.3 Å². The highest BCUT2D eigenvalue weighted by atomic mass is 16.3. The average Bonchev–Trinajstić information content (AvgIpc) is 3.03. The molecule has 5 N–H and O–H groups in total. The molecule has 1 aliphatic rings. The maximum Gasteiger partial charge on any atom is 0.151 e. The van der Waals surface area contributed by atoms with Gasteiger partial charge in [0.25, 0.3) is 0 Å². The van der Waals surface area contributed by atoms with E-state index in [2.05, 4.69) is 16.2 Å². The lowest BCUT2D eigenvalue weighted by Crippen LogP contribution is -2.40. The van der Waals surface area contributed by atoms with E-state index in [1.165, 1.54) is 10.8 Å². The highest BCUT2D eigenvalue weighted by Gasteiger charge is 2.55. The van der Waals surface area contributed by atoms with E-state index in [1.807, 2.05) is 0 Å². The fourth-order valence-electron chi connectivity index (χ4n) is 3.09. The summed E-state index contributed by atoms with van der Waals surface area (Å²) in [6.07, 6.45) is -1.08. The maximum atomic E-state index is 10.3. The molecule has 3 rings (SSSR count). The van der Waals surface area contributed by atoms with Crippen LogP contribution in [0.2, 0.25) is 0 Å². The minimum Gasteiger partial charge on any atom is -0.396 e. The molecule has 21 heavy (non-hydrogen) atoms. The molecular formula is C13H15N5O3. The molecule has 0 amide bonds. The van der Waals surface area contributed by atoms with Crippen molar-refractivity contribution in [2.75, 3.05) is 12.3 Å². The summed E-state index contributed by atoms with van der Waals surface area (Å²) in [6, 6.07) is 5.39. The molecular weight excluding hydrogens is 274 g/mol. The summed E-state index contributed by atoms with van der Waals surface area (Å²) in [5, 5.41) is 43.4. The SMILES string of the molecule is N#C[C@@]1(c2ccc3c(N)ncnn23)C[C@H](CO)[C@@H](O)[C@H]1O. The van der Waals surface area contributed by atoms with Crippen LogP contribution in [-0.2, 0) is 5.41 Å². The van der Waals surface area contributed by atoms with Crippen LogP contribution in [0.1, 0.15) is 12.1 Å². The molecule has 8 heteroatoms. The van der Waals surface area contributed by atoms with Crippen LogP contribution < -0.4 is 5.73 Å². The van der Waals surface area contributed by atoms with Gasteiger partial charge in [0.15, 0.2) is 5.82 Å². The van der Waals surface area contributed by atoms with Crippen molar-refractivity contribution >= 4 is 11.3 Å². The zero-order valence-electron chi connectivity index (χ0n) is 11.1. The molecule has 0 spiro atoms. The third kappa shape index (κ3) is 1.72. The third-order valence-electron chi connectivity index (χ3n) is 4.27. The first-order chi connectivity index (χ1) is 10.0. The first-order valence-corrected chi connectivity index (χ1v) is 6.52. The molecule has 0 unspecified atom stereocenters. The lowest BCUT2D eigenvalue weighted by Gasteiger charge is -2.25. The van der Waals surface area contributed by atoms with Crippen LogP contribution in [0.3, 0.4) is 0 Å². The van der Waals surface area contributed by atoms with Gasteiger partial charge in [-0.05, 0) is 18.6 Å². The minimum atomic E-state index is -1.35. The fourth-order valence-corrected chi connectivity index (χ4v) is 3.09. The van der Waals surface area contributed by atoms with Crippen LogP contribution in [0.25, 0.3) is 5.52 Å². The number of nitrogens with zero attached hydrogens (tertiary/aromatic N) is 4. The first kappa shape index (κ1) is 13.8. The smallest absolute Gasteiger partial charge is 0.151 e. The van der Waals surface area contributed by atoms with Gasteiger partial charge in [0.1, 0.15) is 23.4 Å². The number of nitriles is 1. The molecule has 1 saturated carbocycles. The van der Waals surface area contributed by atoms with Crippen molar-refractivity contribution in [2.45, 2.75) is 24.0 Å². The van der Waals surface area contributed by atoms with Gasteiger partial charge in [-0.25, -0.2) is 9.50 Å². The van der Waals surface area contributed by atoms with Crippen LogP contribution in [0, 0.1) is 17.2 Å². The second-order valence-electron chi connectivity index (χ2n) is 5.33. The van der Waals surface area contributed by atoms with Crippen molar-refractivity contribution in [3.8, 4) is 6.07 Å². The number of hydrogen-bond acceptors (Lipinski definition) is 7. The molecule has 0 radical (unpaired) electrons. The summed E-state index contributed by atoms with van der Waals surface area (Å²) >= 11 is 0. The van der Waals surface area contributed by atoms with Gasteiger partial charge in [-0.1, -0.05) is 0 Å². The molecule has 0 bridgehead atoms. The summed E-state index contributed by atoms with van der Waals surface area (Å²) in [5.41, 5.74) is 5.37. The second kappa shape index (κ2) is 4.66. The Morgan fingerprint density at radius 3 is 2.86 bits per heavy atom. The molecule has 2 heterocycles. The molecule has 0 aromatic carbocycles. The number of nitrogens with two attached hydrogens (primary N) is 1. The summed E-state index contributed by atoms with van der Waals surface area (Å²) in [5.74, 6) is -0.305. The number of anilines is 1. The number of fused-ring (bicyclic) bond motifs is 1. The molecule has 0 aliphatic heterocycles. The predicted octanol–water partition coefficient (Wildman–Crippen LogP) is -1.19. The standard InChI is InChI=1S/C13H15N5O3/c14-5-13(3-7(4-19)10(20)11(13)21)9-2-1-8-12(15)16-6-17-18(8)9/h1-2,6-7,10-11,19-21H,3-4H2,(H2,15,16,17)/t7-,10-,11-,13-/m1/s1. The van der Waals surface area contributed by atoms with E-state index < -0.39 is 23.5 Å². The predicted molar refractivity (Wildman–Crippen MR) is 71.9 cm³/mol. The maximum absolute atomic E-state index is 10.3. The molecule has 4 atom stereocenters. The minimum absolute atomic E-state index is 0.137. The Kier molecular flexibility index (Phi) is 3.06. The molecule has 110 valence electrons. The normalized spacial score (nSPS) is 32.4. The Bertz CT molecular complexity index is 724. The van der Waals surface area contributed by atoms with Gasteiger partial charge in [0.05, 0.1) is 17.9 Å². The van der Waals surface area contributed by atoms with Crippen molar-refractivity contribution in [1.29, 1.82) is 5.26 Å². The number of aromatic nitrogens is 3. The largest absolute Gasteiger partial charge is 0.396 e. The van der Waals surface area contributed by atoms with Gasteiger partial charge >= 0.3 is 0 Å². The second-order valence-corrected chi connectivity index (χ2v) is 5.33. The van der Waals surface area contributed by atoms with E-state index in [0.717, 1.165) is 0 Å². The van der Waals surface area contributed by atoms with E-state index in [-0.39, 0.29) is 18.8 Å². The zero-order chi connectivity index (χ0) is 15.2. The topological polar surface area (TPSA) is 141 Å². The summed E-state index contributed by atoms with van der Waals surface area (Å²) in [4.78, 5) is 3.87. The van der Waals surface area contributed by atoms with E-state index in [0.29, 0.717) is 11.2 Å². The molecule has 8 nitrogen and oxygen atoms in total. The summed E-state index contributed by atoms with van der Waals surface area (Å²) < 4.78 is 1.45. The third-order valence-corrected chi connectivity index (χ3v) is 4.27. The monoisotopic (exact) mass is 289 g/mol. The Balaban J connectivity index is 2.20. The van der Waals surface area contributed by atoms with Crippen molar-refractivity contribution in [3.05, 3.63) is 24.2 Å². The number of aliphatic hydroxyl groups excluding tert-OH is 3. The molecule has 0 saturated heterocycles. The fraction of sp³-hybridized carbons (Fsp3) is 0.462.